The van der Waals surface area contributed by atoms with E-state index >= 15 is 0 Å². The molecular weight excluding hydrogens is 480 g/mol. The second-order valence-electron chi connectivity index (χ2n) is 9.27. The van der Waals surface area contributed by atoms with Crippen LogP contribution in [0.5, 0.6) is 11.5 Å². The molecule has 0 bridgehead atoms. The summed E-state index contributed by atoms with van der Waals surface area (Å²) in [6.45, 7) is 9.16. The van der Waals surface area contributed by atoms with Crippen LogP contribution in [0.1, 0.15) is 40.0 Å². The predicted octanol–water partition coefficient (Wildman–Crippen LogP) is 6.52. The van der Waals surface area contributed by atoms with Gasteiger partial charge in [0, 0.05) is 26.6 Å². The maximum absolute atomic E-state index is 10.9. The molecule has 0 spiro atoms. The number of fused-ring (bicyclic) bond motifs is 2. The first-order chi connectivity index (χ1) is 17.5. The number of epoxide rings is 1. The smallest absolute Gasteiger partial charge is 0.135 e. The summed E-state index contributed by atoms with van der Waals surface area (Å²) in [5.74, 6) is 0.934. The largest absolute Gasteiger partial charge is 0.507 e. The molecule has 4 unspecified atom stereocenters. The molecule has 0 radical (unpaired) electrons. The van der Waals surface area contributed by atoms with E-state index in [0.29, 0.717) is 36.8 Å². The van der Waals surface area contributed by atoms with Crippen LogP contribution in [0.3, 0.4) is 0 Å². The zero-order valence-electron chi connectivity index (χ0n) is 21.4. The SMILES string of the molecule is CCC(COc1c2ccccc2c(O)c2cc(Cl)ccc12)OCC(CC)OCC(CC)OCC1CO1. The summed E-state index contributed by atoms with van der Waals surface area (Å²) in [6, 6.07) is 13.2. The number of phenols is 1. The van der Waals surface area contributed by atoms with Gasteiger partial charge in [0.1, 0.15) is 24.2 Å². The van der Waals surface area contributed by atoms with Gasteiger partial charge >= 0.3 is 0 Å². The fraction of sp³-hybridized carbons (Fsp3) is 0.517. The Labute approximate surface area is 218 Å². The van der Waals surface area contributed by atoms with E-state index in [2.05, 4.69) is 20.8 Å². The monoisotopic (exact) mass is 516 g/mol. The van der Waals surface area contributed by atoms with Crippen molar-refractivity contribution in [3.63, 3.8) is 0 Å². The second kappa shape index (κ2) is 12.9. The molecule has 4 atom stereocenters. The van der Waals surface area contributed by atoms with Crippen molar-refractivity contribution in [2.24, 2.45) is 0 Å². The Hall–Kier alpha value is -2.09. The number of benzene rings is 3. The van der Waals surface area contributed by atoms with Gasteiger partial charge in [0.15, 0.2) is 0 Å². The molecule has 3 aromatic rings. The van der Waals surface area contributed by atoms with Crippen molar-refractivity contribution in [2.45, 2.75) is 64.4 Å². The molecule has 1 aliphatic rings. The molecule has 0 aliphatic carbocycles. The Kier molecular flexibility index (Phi) is 9.68. The topological polar surface area (TPSA) is 69.7 Å². The molecule has 4 rings (SSSR count). The summed E-state index contributed by atoms with van der Waals surface area (Å²) >= 11 is 6.22. The molecule has 36 heavy (non-hydrogen) atoms. The van der Waals surface area contributed by atoms with E-state index in [1.54, 1.807) is 6.07 Å². The lowest BCUT2D eigenvalue weighted by atomic mass is 10.0. The first kappa shape index (κ1) is 27.0. The lowest BCUT2D eigenvalue weighted by Gasteiger charge is -2.24. The third-order valence-electron chi connectivity index (χ3n) is 6.64. The second-order valence-corrected chi connectivity index (χ2v) is 9.71. The van der Waals surface area contributed by atoms with Gasteiger partial charge < -0.3 is 28.8 Å². The Balaban J connectivity index is 1.38. The maximum atomic E-state index is 10.9. The molecule has 0 aromatic heterocycles. The van der Waals surface area contributed by atoms with Gasteiger partial charge in [-0.2, -0.15) is 0 Å². The van der Waals surface area contributed by atoms with Crippen LogP contribution in [-0.2, 0) is 18.9 Å². The summed E-state index contributed by atoms with van der Waals surface area (Å²) in [7, 11) is 0. The van der Waals surface area contributed by atoms with Crippen molar-refractivity contribution in [3.05, 3.63) is 47.5 Å². The number of rotatable bonds is 15. The van der Waals surface area contributed by atoms with Crippen LogP contribution < -0.4 is 4.74 Å². The molecule has 1 heterocycles. The van der Waals surface area contributed by atoms with Gasteiger partial charge in [-0.25, -0.2) is 0 Å². The lowest BCUT2D eigenvalue weighted by Crippen LogP contribution is -2.30. The van der Waals surface area contributed by atoms with Gasteiger partial charge in [0.2, 0.25) is 0 Å². The van der Waals surface area contributed by atoms with E-state index < -0.39 is 0 Å². The third-order valence-corrected chi connectivity index (χ3v) is 6.88. The average molecular weight is 517 g/mol. The maximum Gasteiger partial charge on any atom is 0.135 e. The van der Waals surface area contributed by atoms with Gasteiger partial charge in [0.25, 0.3) is 0 Å². The fourth-order valence-corrected chi connectivity index (χ4v) is 4.34. The van der Waals surface area contributed by atoms with Crippen LogP contribution in [0.25, 0.3) is 21.5 Å². The van der Waals surface area contributed by atoms with Gasteiger partial charge in [-0.15, -0.1) is 0 Å². The quantitative estimate of drug-likeness (QED) is 0.183. The van der Waals surface area contributed by atoms with Gasteiger partial charge in [-0.1, -0.05) is 56.6 Å². The van der Waals surface area contributed by atoms with Crippen LogP contribution >= 0.6 is 11.6 Å². The molecular formula is C29H37ClO6. The number of ether oxygens (including phenoxy) is 5. The van der Waals surface area contributed by atoms with Crippen molar-refractivity contribution in [2.75, 3.05) is 33.0 Å². The summed E-state index contributed by atoms with van der Waals surface area (Å²) in [5.41, 5.74) is 0. The highest BCUT2D eigenvalue weighted by molar-refractivity contribution is 6.31. The highest BCUT2D eigenvalue weighted by Crippen LogP contribution is 2.42. The Bertz CT molecular complexity index is 1130. The Morgan fingerprint density at radius 2 is 1.42 bits per heavy atom. The number of aromatic hydroxyl groups is 1. The zero-order chi connectivity index (χ0) is 25.5. The minimum atomic E-state index is -0.0946. The van der Waals surface area contributed by atoms with Gasteiger partial charge in [0.05, 0.1) is 44.7 Å². The summed E-state index contributed by atoms with van der Waals surface area (Å²) in [4.78, 5) is 0. The molecule has 7 heteroatoms. The first-order valence-electron chi connectivity index (χ1n) is 13.0. The van der Waals surface area contributed by atoms with Crippen molar-refractivity contribution < 1.29 is 28.8 Å². The van der Waals surface area contributed by atoms with Crippen LogP contribution in [0, 0.1) is 0 Å². The van der Waals surface area contributed by atoms with Crippen LogP contribution in [0.15, 0.2) is 42.5 Å². The molecule has 196 valence electrons. The van der Waals surface area contributed by atoms with Crippen molar-refractivity contribution in [3.8, 4) is 11.5 Å². The minimum Gasteiger partial charge on any atom is -0.507 e. The van der Waals surface area contributed by atoms with Crippen molar-refractivity contribution in [1.29, 1.82) is 0 Å². The lowest BCUT2D eigenvalue weighted by molar-refractivity contribution is -0.0886. The van der Waals surface area contributed by atoms with Crippen LogP contribution in [0.2, 0.25) is 5.02 Å². The van der Waals surface area contributed by atoms with E-state index in [4.69, 9.17) is 35.3 Å². The first-order valence-corrected chi connectivity index (χ1v) is 13.3. The molecule has 3 aromatic carbocycles. The van der Waals surface area contributed by atoms with Crippen LogP contribution in [-0.4, -0.2) is 62.6 Å². The number of phenolic OH excluding ortho intramolecular Hbond substituents is 1. The molecule has 1 saturated heterocycles. The zero-order valence-corrected chi connectivity index (χ0v) is 22.1. The molecule has 1 fully saturated rings. The standard InChI is InChI=1S/C29H37ClO6/c1-4-20(32-15-21(5-2)34-17-23-18-35-23)14-33-22(6-3)16-36-29-25-10-8-7-9-24(25)28(31)27-13-19(30)11-12-26(27)29/h7-13,20-23,31H,4-6,14-18H2,1-3H3. The molecule has 1 N–H and O–H groups in total. The molecule has 0 amide bonds. The molecule has 0 saturated carbocycles. The summed E-state index contributed by atoms with van der Waals surface area (Å²) < 4.78 is 29.8. The third kappa shape index (κ3) is 6.81. The normalized spacial score (nSPS) is 17.8. The predicted molar refractivity (Wildman–Crippen MR) is 143 cm³/mol. The number of hydrogen-bond acceptors (Lipinski definition) is 6. The highest BCUT2D eigenvalue weighted by atomic mass is 35.5. The number of halogens is 1. The molecule has 1 aliphatic heterocycles. The van der Waals surface area contributed by atoms with Gasteiger partial charge in [-0.3, -0.25) is 0 Å². The van der Waals surface area contributed by atoms with Crippen LogP contribution in [0.4, 0.5) is 0 Å². The van der Waals surface area contributed by atoms with E-state index in [-0.39, 0.29) is 30.2 Å². The van der Waals surface area contributed by atoms with Crippen molar-refractivity contribution >= 4 is 33.1 Å². The Morgan fingerprint density at radius 1 is 0.833 bits per heavy atom. The summed E-state index contributed by atoms with van der Waals surface area (Å²) in [5, 5.41) is 14.5. The van der Waals surface area contributed by atoms with E-state index in [1.165, 1.54) is 0 Å². The molecule has 6 nitrogen and oxygen atoms in total. The van der Waals surface area contributed by atoms with Gasteiger partial charge in [-0.05, 0) is 37.5 Å². The van der Waals surface area contributed by atoms with Crippen molar-refractivity contribution in [1.82, 2.24) is 0 Å². The van der Waals surface area contributed by atoms with E-state index in [0.717, 1.165) is 47.8 Å². The van der Waals surface area contributed by atoms with E-state index in [1.807, 2.05) is 36.4 Å². The Morgan fingerprint density at radius 3 is 2.06 bits per heavy atom. The summed E-state index contributed by atoms with van der Waals surface area (Å²) in [6.07, 6.45) is 2.78. The number of hydrogen-bond donors (Lipinski definition) is 1. The van der Waals surface area contributed by atoms with E-state index in [9.17, 15) is 5.11 Å². The minimum absolute atomic E-state index is 0.00801. The fourth-order valence-electron chi connectivity index (χ4n) is 4.17. The highest BCUT2D eigenvalue weighted by Gasteiger charge is 2.24. The average Bonchev–Trinajstić information content (AvgIpc) is 3.73.